The molecule has 3 aromatic heterocycles. The molecule has 3 unspecified atom stereocenters. The summed E-state index contributed by atoms with van der Waals surface area (Å²) in [4.78, 5) is 37.5. The molecule has 2 saturated heterocycles. The maximum absolute atomic E-state index is 12.9. The number of ether oxygens (including phenoxy) is 1. The van der Waals surface area contributed by atoms with Crippen molar-refractivity contribution in [3.8, 4) is 10.6 Å². The molecule has 2 aliphatic heterocycles. The van der Waals surface area contributed by atoms with E-state index in [0.717, 1.165) is 35.0 Å². The van der Waals surface area contributed by atoms with Crippen molar-refractivity contribution in [1.82, 2.24) is 15.3 Å². The van der Waals surface area contributed by atoms with Crippen molar-refractivity contribution in [1.29, 1.82) is 0 Å². The Bertz CT molecular complexity index is 1370. The van der Waals surface area contributed by atoms with Crippen LogP contribution in [0.4, 0.5) is 10.1 Å². The van der Waals surface area contributed by atoms with Crippen LogP contribution in [0.25, 0.3) is 10.6 Å². The Hall–Kier alpha value is -1.95. The summed E-state index contributed by atoms with van der Waals surface area (Å²) < 4.78 is 5.61. The summed E-state index contributed by atoms with van der Waals surface area (Å²) in [6.07, 6.45) is 3.03. The summed E-state index contributed by atoms with van der Waals surface area (Å²) in [5.74, 6) is -0.206. The summed E-state index contributed by atoms with van der Waals surface area (Å²) in [7, 11) is 0. The first kappa shape index (κ1) is 27.6. The number of thiophene rings is 1. The SMILES string of the molecule is CC(C)(C)OC(=O)C1CCC2CN(c3sc(NC(=O)c4cnc(Cl)c(Cl)c4)nc3-c3cc(Cl)cs3)CC2N1. The number of carbonyl (C=O) groups is 2. The van der Waals surface area contributed by atoms with Crippen LogP contribution < -0.4 is 15.5 Å². The second-order valence-corrected chi connectivity index (χ2v) is 13.4. The number of nitrogens with zero attached hydrogens (tertiary/aromatic N) is 3. The van der Waals surface area contributed by atoms with E-state index in [1.54, 1.807) is 0 Å². The van der Waals surface area contributed by atoms with Gasteiger partial charge in [0.2, 0.25) is 0 Å². The minimum Gasteiger partial charge on any atom is -0.459 e. The molecule has 5 rings (SSSR count). The molecular formula is C25H26Cl3N5O3S2. The van der Waals surface area contributed by atoms with Gasteiger partial charge in [-0.25, -0.2) is 9.97 Å². The zero-order valence-corrected chi connectivity index (χ0v) is 24.8. The third-order valence-corrected chi connectivity index (χ3v) is 9.35. The first-order valence-corrected chi connectivity index (χ1v) is 14.9. The molecule has 1 amide bonds. The molecule has 0 saturated carbocycles. The van der Waals surface area contributed by atoms with Crippen LogP contribution in [0.15, 0.2) is 23.7 Å². The van der Waals surface area contributed by atoms with Crippen molar-refractivity contribution < 1.29 is 14.3 Å². The van der Waals surface area contributed by atoms with Crippen molar-refractivity contribution in [3.05, 3.63) is 44.5 Å². The largest absolute Gasteiger partial charge is 0.459 e. The highest BCUT2D eigenvalue weighted by molar-refractivity contribution is 7.21. The number of nitrogens with one attached hydrogen (secondary N) is 2. The Morgan fingerprint density at radius 1 is 1.18 bits per heavy atom. The fourth-order valence-corrected chi connectivity index (χ4v) is 7.08. The van der Waals surface area contributed by atoms with E-state index in [0.29, 0.717) is 22.6 Å². The van der Waals surface area contributed by atoms with Crippen LogP contribution >= 0.6 is 57.5 Å². The summed E-state index contributed by atoms with van der Waals surface area (Å²) in [5.41, 5.74) is 0.517. The first-order valence-electron chi connectivity index (χ1n) is 12.1. The molecule has 2 aliphatic rings. The number of carbonyl (C=O) groups excluding carboxylic acids is 2. The number of pyridine rings is 1. The number of hydrogen-bond donors (Lipinski definition) is 2. The first-order chi connectivity index (χ1) is 18.0. The number of halogens is 3. The molecule has 3 atom stereocenters. The zero-order valence-electron chi connectivity index (χ0n) is 20.9. The van der Waals surface area contributed by atoms with E-state index in [9.17, 15) is 9.59 Å². The fraction of sp³-hybridized carbons (Fsp3) is 0.440. The van der Waals surface area contributed by atoms with Gasteiger partial charge in [-0.3, -0.25) is 20.2 Å². The Morgan fingerprint density at radius 2 is 1.97 bits per heavy atom. The average Bonchev–Trinajstić information content (AvgIpc) is 3.56. The third-order valence-electron chi connectivity index (χ3n) is 6.35. The van der Waals surface area contributed by atoms with E-state index in [4.69, 9.17) is 44.5 Å². The van der Waals surface area contributed by atoms with Gasteiger partial charge in [-0.15, -0.1) is 11.3 Å². The number of hydrogen-bond acceptors (Lipinski definition) is 9. The van der Waals surface area contributed by atoms with E-state index >= 15 is 0 Å². The molecule has 5 heterocycles. The van der Waals surface area contributed by atoms with Gasteiger partial charge in [-0.05, 0) is 51.7 Å². The molecule has 0 spiro atoms. The van der Waals surface area contributed by atoms with Crippen LogP contribution in [-0.4, -0.2) is 52.6 Å². The molecule has 0 bridgehead atoms. The van der Waals surface area contributed by atoms with Crippen LogP contribution in [-0.2, 0) is 9.53 Å². The molecule has 38 heavy (non-hydrogen) atoms. The van der Waals surface area contributed by atoms with E-state index < -0.39 is 5.60 Å². The predicted octanol–water partition coefficient (Wildman–Crippen LogP) is 6.38. The molecule has 0 aliphatic carbocycles. The molecular weight excluding hydrogens is 589 g/mol. The Morgan fingerprint density at radius 3 is 2.66 bits per heavy atom. The van der Waals surface area contributed by atoms with E-state index in [2.05, 4.69) is 20.5 Å². The molecule has 3 aromatic rings. The van der Waals surface area contributed by atoms with Crippen molar-refractivity contribution in [2.75, 3.05) is 23.3 Å². The van der Waals surface area contributed by atoms with E-state index in [-0.39, 0.29) is 39.7 Å². The van der Waals surface area contributed by atoms with Gasteiger partial charge in [0.1, 0.15) is 27.5 Å². The van der Waals surface area contributed by atoms with Gasteiger partial charge in [0.05, 0.1) is 20.5 Å². The maximum atomic E-state index is 12.9. The smallest absolute Gasteiger partial charge is 0.323 e. The van der Waals surface area contributed by atoms with Crippen LogP contribution in [0, 0.1) is 5.92 Å². The Balaban J connectivity index is 1.36. The number of fused-ring (bicyclic) bond motifs is 1. The quantitative estimate of drug-likeness (QED) is 0.254. The van der Waals surface area contributed by atoms with Crippen molar-refractivity contribution in [2.45, 2.75) is 51.3 Å². The highest BCUT2D eigenvalue weighted by Crippen LogP contribution is 2.44. The minimum absolute atomic E-state index is 0.134. The third kappa shape index (κ3) is 6.11. The molecule has 0 aromatic carbocycles. The average molecular weight is 615 g/mol. The second kappa shape index (κ2) is 10.9. The van der Waals surface area contributed by atoms with Crippen molar-refractivity contribution in [2.24, 2.45) is 5.92 Å². The molecule has 2 fully saturated rings. The highest BCUT2D eigenvalue weighted by atomic mass is 35.5. The van der Waals surface area contributed by atoms with Gasteiger partial charge >= 0.3 is 5.97 Å². The highest BCUT2D eigenvalue weighted by Gasteiger charge is 2.41. The zero-order chi connectivity index (χ0) is 27.2. The molecule has 202 valence electrons. The lowest BCUT2D eigenvalue weighted by Crippen LogP contribution is -2.52. The fourth-order valence-electron chi connectivity index (χ4n) is 4.69. The van der Waals surface area contributed by atoms with Crippen LogP contribution in [0.1, 0.15) is 44.0 Å². The monoisotopic (exact) mass is 613 g/mol. The van der Waals surface area contributed by atoms with Gasteiger partial charge in [0.25, 0.3) is 5.91 Å². The van der Waals surface area contributed by atoms with Gasteiger partial charge in [-0.2, -0.15) is 0 Å². The summed E-state index contributed by atoms with van der Waals surface area (Å²) in [6, 6.07) is 3.17. The predicted molar refractivity (Wildman–Crippen MR) is 154 cm³/mol. The van der Waals surface area contributed by atoms with Crippen LogP contribution in [0.3, 0.4) is 0 Å². The summed E-state index contributed by atoms with van der Waals surface area (Å²) in [6.45, 7) is 7.17. The van der Waals surface area contributed by atoms with Gasteiger partial charge < -0.3 is 9.64 Å². The van der Waals surface area contributed by atoms with E-state index in [1.807, 2.05) is 32.2 Å². The molecule has 0 radical (unpaired) electrons. The lowest BCUT2D eigenvalue weighted by Gasteiger charge is -2.32. The van der Waals surface area contributed by atoms with Crippen LogP contribution in [0.5, 0.6) is 0 Å². The van der Waals surface area contributed by atoms with Gasteiger partial charge in [0.15, 0.2) is 5.13 Å². The van der Waals surface area contributed by atoms with Crippen molar-refractivity contribution >= 4 is 79.5 Å². The normalized spacial score (nSPS) is 21.3. The molecule has 2 N–H and O–H groups in total. The number of aromatic nitrogens is 2. The van der Waals surface area contributed by atoms with Gasteiger partial charge in [0, 0.05) is 30.7 Å². The minimum atomic E-state index is -0.523. The lowest BCUT2D eigenvalue weighted by atomic mass is 9.90. The van der Waals surface area contributed by atoms with Crippen LogP contribution in [0.2, 0.25) is 15.2 Å². The maximum Gasteiger partial charge on any atom is 0.323 e. The molecule has 8 nitrogen and oxygen atoms in total. The Kier molecular flexibility index (Phi) is 7.92. The number of thiazole rings is 1. The topological polar surface area (TPSA) is 96.5 Å². The number of amides is 1. The summed E-state index contributed by atoms with van der Waals surface area (Å²) in [5, 5.41) is 10.6. The number of rotatable bonds is 5. The lowest BCUT2D eigenvalue weighted by molar-refractivity contribution is -0.158. The van der Waals surface area contributed by atoms with Gasteiger partial charge in [-0.1, -0.05) is 46.1 Å². The van der Waals surface area contributed by atoms with Crippen molar-refractivity contribution in [3.63, 3.8) is 0 Å². The molecule has 13 heteroatoms. The standard InChI is InChI=1S/C25H26Cl3N5O3S2/c1-25(2,3)36-23(35)16-5-4-12-9-33(10-17(12)30-16)22-19(18-7-14(26)11-37-18)31-24(38-22)32-21(34)13-6-15(27)20(28)29-8-13/h6-8,11-12,16-17,30H,4-5,9-10H2,1-3H3,(H,31,32,34). The summed E-state index contributed by atoms with van der Waals surface area (Å²) >= 11 is 21.1. The number of piperidine rings is 1. The van der Waals surface area contributed by atoms with E-state index in [1.165, 1.54) is 34.9 Å². The Labute approximate surface area is 243 Å². The second-order valence-electron chi connectivity index (χ2n) is 10.4. The number of esters is 1. The number of anilines is 2.